The highest BCUT2D eigenvalue weighted by molar-refractivity contribution is 7.93. The average molecular weight is 668 g/mol. The van der Waals surface area contributed by atoms with Crippen molar-refractivity contribution in [2.45, 2.75) is 116 Å². The molecule has 1 unspecified atom stereocenters. The molecule has 1 atom stereocenters. The third-order valence-electron chi connectivity index (χ3n) is 8.49. The van der Waals surface area contributed by atoms with Gasteiger partial charge in [-0.3, -0.25) is 0 Å². The molecule has 252 valence electrons. The van der Waals surface area contributed by atoms with E-state index in [-0.39, 0.29) is 16.6 Å². The summed E-state index contributed by atoms with van der Waals surface area (Å²) in [7, 11) is 0. The van der Waals surface area contributed by atoms with Gasteiger partial charge in [0.2, 0.25) is 5.69 Å². The van der Waals surface area contributed by atoms with Crippen molar-refractivity contribution < 1.29 is 22.7 Å². The van der Waals surface area contributed by atoms with Crippen LogP contribution in [0.2, 0.25) is 0 Å². The van der Waals surface area contributed by atoms with Crippen LogP contribution in [0, 0.1) is 0 Å². The number of nitrogens with zero attached hydrogens (tertiary/aromatic N) is 2. The molecule has 0 amide bonds. The normalized spacial score (nSPS) is 17.5. The average Bonchev–Trinajstić information content (AvgIpc) is 3.39. The van der Waals surface area contributed by atoms with Gasteiger partial charge in [0.05, 0.1) is 10.3 Å². The first-order valence-corrected chi connectivity index (χ1v) is 18.5. The summed E-state index contributed by atoms with van der Waals surface area (Å²) in [6.45, 7) is 22.2. The van der Waals surface area contributed by atoms with E-state index in [1.165, 1.54) is 17.0 Å². The maximum absolute atomic E-state index is 11.7. The van der Waals surface area contributed by atoms with Crippen molar-refractivity contribution in [2.75, 3.05) is 18.0 Å². The Kier molecular flexibility index (Phi) is 15.4. The molecule has 0 aliphatic carbocycles. The van der Waals surface area contributed by atoms with E-state index >= 15 is 0 Å². The Labute approximate surface area is 284 Å². The fourth-order valence-electron chi connectivity index (χ4n) is 6.23. The summed E-state index contributed by atoms with van der Waals surface area (Å²) in [5.41, 5.74) is 6.31. The molecule has 2 aromatic rings. The minimum Gasteiger partial charge on any atom is -0.344 e. The Balaban J connectivity index is 0.00000177. The zero-order chi connectivity index (χ0) is 34.7. The van der Waals surface area contributed by atoms with Gasteiger partial charge < -0.3 is 18.8 Å². The molecule has 2 heterocycles. The summed E-state index contributed by atoms with van der Waals surface area (Å²) < 4.78 is 33.4. The van der Waals surface area contributed by atoms with E-state index in [0.717, 1.165) is 66.2 Å². The van der Waals surface area contributed by atoms with Crippen molar-refractivity contribution in [3.05, 3.63) is 83.6 Å². The molecule has 2 aromatic carbocycles. The van der Waals surface area contributed by atoms with Crippen molar-refractivity contribution in [2.24, 2.45) is 0 Å². The third-order valence-corrected chi connectivity index (χ3v) is 9.61. The lowest BCUT2D eigenvalue weighted by Crippen LogP contribution is -2.28. The molecular formula is C38H55N2O4S2+. The van der Waals surface area contributed by atoms with Crippen molar-refractivity contribution in [1.29, 1.82) is 0 Å². The first-order valence-electron chi connectivity index (χ1n) is 16.6. The Hall–Kier alpha value is -2.78. The largest absolute Gasteiger partial charge is 0.344 e. The standard InChI is InChI=1S/C34H42N2O4S2.2C2H6/c1-7-35-29-20-18-26(42(39)40)23-28(29)34(5,6)31(35)15-11-8-12-16-32-33(3,4)27-22-25(41-38)17-19-30(27)36(32)21-13-9-10-14-24(2)37;2*1-2/h8,11-12,15-20,22-23H,7,9-10,13-14,21H2,1-6H3,(H-,38,39,40);2*1-2H3/p+1. The highest BCUT2D eigenvalue weighted by Gasteiger charge is 2.44. The molecular weight excluding hydrogens is 613 g/mol. The van der Waals surface area contributed by atoms with E-state index in [1.54, 1.807) is 13.0 Å². The molecule has 0 bridgehead atoms. The van der Waals surface area contributed by atoms with Crippen LogP contribution in [0.15, 0.2) is 82.3 Å². The number of ketones is 1. The van der Waals surface area contributed by atoms with Crippen molar-refractivity contribution in [1.82, 2.24) is 0 Å². The van der Waals surface area contributed by atoms with Crippen LogP contribution in [0.4, 0.5) is 11.4 Å². The van der Waals surface area contributed by atoms with Crippen LogP contribution in [-0.2, 0) is 26.7 Å². The number of fused-ring (bicyclic) bond motifs is 2. The third kappa shape index (κ3) is 8.77. The molecule has 2 aliphatic rings. The number of Topliss-reactive ketones (excluding diaryl/α,β-unsaturated/α-hetero) is 1. The van der Waals surface area contributed by atoms with E-state index in [4.69, 9.17) is 0 Å². The highest BCUT2D eigenvalue weighted by atomic mass is 32.2. The summed E-state index contributed by atoms with van der Waals surface area (Å²) in [6.07, 6.45) is 14.1. The smallest absolute Gasteiger partial charge is 0.209 e. The van der Waals surface area contributed by atoms with Crippen molar-refractivity contribution in [3.8, 4) is 0 Å². The molecule has 6 nitrogen and oxygen atoms in total. The summed E-state index contributed by atoms with van der Waals surface area (Å²) in [6, 6.07) is 11.7. The number of benzene rings is 2. The second kappa shape index (κ2) is 17.9. The van der Waals surface area contributed by atoms with Crippen LogP contribution in [0.3, 0.4) is 0 Å². The van der Waals surface area contributed by atoms with Crippen molar-refractivity contribution >= 4 is 46.0 Å². The van der Waals surface area contributed by atoms with E-state index < -0.39 is 11.1 Å². The number of hydrogen-bond acceptors (Lipinski definition) is 5. The fraction of sp³-hybridized carbons (Fsp3) is 0.474. The Morgan fingerprint density at radius 2 is 1.63 bits per heavy atom. The van der Waals surface area contributed by atoms with Crippen LogP contribution < -0.4 is 4.90 Å². The minimum atomic E-state index is -2.01. The van der Waals surface area contributed by atoms with Crippen LogP contribution >= 0.6 is 12.0 Å². The van der Waals surface area contributed by atoms with Crippen LogP contribution in [0.25, 0.3) is 0 Å². The van der Waals surface area contributed by atoms with Crippen LogP contribution in [-0.4, -0.2) is 42.5 Å². The number of rotatable bonds is 12. The number of likely N-dealkylation sites (N-methyl/N-ethyl adjacent to an activating group) is 1. The lowest BCUT2D eigenvalue weighted by molar-refractivity contribution is -0.438. The van der Waals surface area contributed by atoms with E-state index in [9.17, 15) is 18.1 Å². The lowest BCUT2D eigenvalue weighted by Gasteiger charge is -2.25. The molecule has 46 heavy (non-hydrogen) atoms. The Morgan fingerprint density at radius 1 is 0.935 bits per heavy atom. The summed E-state index contributed by atoms with van der Waals surface area (Å²) in [5.74, 6) is 0.242. The second-order valence-electron chi connectivity index (χ2n) is 12.0. The number of carbonyl (C=O) groups excluding carboxylic acids is 1. The number of unbranched alkanes of at least 4 members (excludes halogenated alkanes) is 2. The predicted molar refractivity (Wildman–Crippen MR) is 197 cm³/mol. The van der Waals surface area contributed by atoms with E-state index in [0.29, 0.717) is 11.3 Å². The van der Waals surface area contributed by atoms with Gasteiger partial charge in [0, 0.05) is 70.8 Å². The van der Waals surface area contributed by atoms with E-state index in [1.807, 2.05) is 45.9 Å². The van der Waals surface area contributed by atoms with Gasteiger partial charge >= 0.3 is 0 Å². The molecule has 0 fully saturated rings. The quantitative estimate of drug-likeness (QED) is 0.0771. The molecule has 2 aliphatic heterocycles. The molecule has 2 N–H and O–H groups in total. The van der Waals surface area contributed by atoms with Gasteiger partial charge in [0.1, 0.15) is 12.3 Å². The number of anilines is 1. The highest BCUT2D eigenvalue weighted by Crippen LogP contribution is 2.48. The first-order chi connectivity index (χ1) is 21.9. The topological polar surface area (TPSA) is 80.8 Å². The first kappa shape index (κ1) is 39.4. The molecule has 0 saturated heterocycles. The number of hydrogen-bond donors (Lipinski definition) is 2. The molecule has 4 rings (SSSR count). The summed E-state index contributed by atoms with van der Waals surface area (Å²) in [5, 5.41) is 0. The van der Waals surface area contributed by atoms with Gasteiger partial charge in [-0.1, -0.05) is 59.8 Å². The van der Waals surface area contributed by atoms with Gasteiger partial charge in [-0.2, -0.15) is 4.58 Å². The van der Waals surface area contributed by atoms with Crippen LogP contribution in [0.5, 0.6) is 0 Å². The van der Waals surface area contributed by atoms with Gasteiger partial charge in [-0.15, -0.1) is 0 Å². The molecule has 0 saturated carbocycles. The molecule has 0 spiro atoms. The molecule has 0 aromatic heterocycles. The zero-order valence-electron chi connectivity index (χ0n) is 29.5. The van der Waals surface area contributed by atoms with Crippen LogP contribution in [0.1, 0.15) is 106 Å². The zero-order valence-corrected chi connectivity index (χ0v) is 31.1. The van der Waals surface area contributed by atoms with Crippen molar-refractivity contribution in [3.63, 3.8) is 0 Å². The van der Waals surface area contributed by atoms with E-state index in [2.05, 4.69) is 86.6 Å². The summed E-state index contributed by atoms with van der Waals surface area (Å²) >= 11 is -1.24. The predicted octanol–water partition coefficient (Wildman–Crippen LogP) is 10.2. The minimum absolute atomic E-state index is 0.234. The number of carbonyl (C=O) groups is 1. The van der Waals surface area contributed by atoms with Gasteiger partial charge in [0.25, 0.3) is 0 Å². The van der Waals surface area contributed by atoms with Gasteiger partial charge in [-0.05, 0) is 82.5 Å². The second-order valence-corrected chi connectivity index (χ2v) is 13.7. The fourth-order valence-corrected chi connectivity index (χ4v) is 6.94. The maximum Gasteiger partial charge on any atom is 0.209 e. The Bertz CT molecular complexity index is 1500. The molecule has 0 radical (unpaired) electrons. The number of allylic oxidation sites excluding steroid dienone is 6. The molecule has 8 heteroatoms. The SMILES string of the molecule is CC.CC.CCN1\C(=C/C=C/C=C/C2=[N+](CCCCCC(C)=O)c3ccc(SO)cc3C2(C)C)C(C)(C)c2cc(S(=O)O)ccc21. The van der Waals surface area contributed by atoms with Gasteiger partial charge in [0.15, 0.2) is 16.8 Å². The monoisotopic (exact) mass is 667 g/mol. The van der Waals surface area contributed by atoms with Gasteiger partial charge in [-0.25, -0.2) is 4.21 Å². The maximum atomic E-state index is 11.7. The summed E-state index contributed by atoms with van der Waals surface area (Å²) in [4.78, 5) is 14.9. The Morgan fingerprint density at radius 3 is 2.24 bits per heavy atom. The lowest BCUT2D eigenvalue weighted by atomic mass is 9.81.